The molecular weight excluding hydrogens is 524 g/mol. The maximum atomic E-state index is 11.5. The van der Waals surface area contributed by atoms with Gasteiger partial charge in [0.25, 0.3) is 15.6 Å². The van der Waals surface area contributed by atoms with E-state index in [-0.39, 0.29) is 17.9 Å². The number of ether oxygens (including phenoxy) is 1. The van der Waals surface area contributed by atoms with Crippen LogP contribution in [0, 0.1) is 0 Å². The monoisotopic (exact) mass is 551 g/mol. The van der Waals surface area contributed by atoms with Gasteiger partial charge in [0.05, 0.1) is 12.9 Å². The van der Waals surface area contributed by atoms with Crippen LogP contribution >= 0.6 is 15.6 Å². The van der Waals surface area contributed by atoms with Crippen LogP contribution in [0.2, 0.25) is 0 Å². The van der Waals surface area contributed by atoms with Gasteiger partial charge in [-0.05, 0) is 5.56 Å². The van der Waals surface area contributed by atoms with Crippen LogP contribution in [0.3, 0.4) is 0 Å². The average Bonchev–Trinajstić information content (AvgIpc) is 3.32. The zero-order valence-corrected chi connectivity index (χ0v) is 20.9. The summed E-state index contributed by atoms with van der Waals surface area (Å²) in [5.41, 5.74) is 1.62. The molecule has 1 saturated heterocycles. The van der Waals surface area contributed by atoms with E-state index >= 15 is 0 Å². The largest absolute Gasteiger partial charge is 0.756 e. The van der Waals surface area contributed by atoms with E-state index in [2.05, 4.69) is 29.1 Å². The molecule has 6 unspecified atom stereocenters. The van der Waals surface area contributed by atoms with E-state index in [1.54, 1.807) is 0 Å². The van der Waals surface area contributed by atoms with Crippen molar-refractivity contribution in [3.63, 3.8) is 0 Å². The number of rotatable bonds is 9. The van der Waals surface area contributed by atoms with Gasteiger partial charge in [-0.15, -0.1) is 0 Å². The lowest BCUT2D eigenvalue weighted by Crippen LogP contribution is -2.34. The van der Waals surface area contributed by atoms with Crippen LogP contribution in [0.4, 0.5) is 5.82 Å². The molecular formula is C17H27N7O10P2. The summed E-state index contributed by atoms with van der Waals surface area (Å²) >= 11 is 0. The van der Waals surface area contributed by atoms with E-state index in [0.29, 0.717) is 17.9 Å². The molecule has 1 fully saturated rings. The zero-order chi connectivity index (χ0) is 24.5. The summed E-state index contributed by atoms with van der Waals surface area (Å²) in [6, 6.07) is 9.54. The van der Waals surface area contributed by atoms with Gasteiger partial charge in [-0.2, -0.15) is 0 Å². The Kier molecular flexibility index (Phi) is 9.77. The molecule has 19 heteroatoms. The number of phosphoric ester groups is 1. The highest BCUT2D eigenvalue weighted by Crippen LogP contribution is 2.52. The number of aliphatic hydroxyl groups is 2. The van der Waals surface area contributed by atoms with Gasteiger partial charge < -0.3 is 51.8 Å². The van der Waals surface area contributed by atoms with Crippen LogP contribution in [0.5, 0.6) is 0 Å². The summed E-state index contributed by atoms with van der Waals surface area (Å²) in [5.74, 6) is 0.413. The Hall–Kier alpha value is -2.37. The molecule has 36 heavy (non-hydrogen) atoms. The van der Waals surface area contributed by atoms with Crippen LogP contribution in [-0.4, -0.2) is 59.5 Å². The maximum absolute atomic E-state index is 11.5. The number of benzene rings is 1. The van der Waals surface area contributed by atoms with E-state index in [4.69, 9.17) is 9.63 Å². The summed E-state index contributed by atoms with van der Waals surface area (Å²) in [6.45, 7) is -0.442. The van der Waals surface area contributed by atoms with Crippen molar-refractivity contribution in [3.05, 3.63) is 48.5 Å². The molecule has 0 spiro atoms. The molecule has 3 heterocycles. The summed E-state index contributed by atoms with van der Waals surface area (Å²) < 4.78 is 36.8. The zero-order valence-electron chi connectivity index (χ0n) is 19.1. The second-order valence-electron chi connectivity index (χ2n) is 7.22. The summed E-state index contributed by atoms with van der Waals surface area (Å²) in [6.07, 6.45) is -3.22. The van der Waals surface area contributed by atoms with Crippen molar-refractivity contribution in [2.45, 2.75) is 31.1 Å². The van der Waals surface area contributed by atoms with Crippen molar-refractivity contribution in [1.82, 2.24) is 31.8 Å². The van der Waals surface area contributed by atoms with Crippen LogP contribution in [0.1, 0.15) is 11.8 Å². The lowest BCUT2D eigenvalue weighted by Gasteiger charge is -2.28. The van der Waals surface area contributed by atoms with Crippen molar-refractivity contribution in [1.29, 1.82) is 0 Å². The molecule has 200 valence electrons. The van der Waals surface area contributed by atoms with Crippen molar-refractivity contribution < 1.29 is 47.6 Å². The van der Waals surface area contributed by atoms with Gasteiger partial charge in [0.15, 0.2) is 23.2 Å². The second kappa shape index (κ2) is 11.8. The first-order valence-corrected chi connectivity index (χ1v) is 12.7. The molecule has 17 nitrogen and oxygen atoms in total. The number of hydrogen-bond acceptors (Lipinski definition) is 13. The number of anilines is 1. The molecule has 0 aliphatic carbocycles. The van der Waals surface area contributed by atoms with Crippen molar-refractivity contribution >= 4 is 32.6 Å². The van der Waals surface area contributed by atoms with Crippen LogP contribution in [0.25, 0.3) is 11.2 Å². The predicted octanol–water partition coefficient (Wildman–Crippen LogP) is -0.228. The maximum Gasteiger partial charge on any atom is 0.274 e. The third-order valence-electron chi connectivity index (χ3n) is 4.87. The van der Waals surface area contributed by atoms with Crippen LogP contribution in [-0.2, 0) is 29.2 Å². The van der Waals surface area contributed by atoms with Crippen molar-refractivity contribution in [2.24, 2.45) is 0 Å². The number of nitrogens with one attached hydrogen (secondary N) is 1. The van der Waals surface area contributed by atoms with Gasteiger partial charge in [-0.3, -0.25) is 13.7 Å². The van der Waals surface area contributed by atoms with Crippen LogP contribution < -0.4 is 27.4 Å². The molecule has 6 atom stereocenters. The average molecular weight is 551 g/mol. The topological polar surface area (TPSA) is 297 Å². The van der Waals surface area contributed by atoms with Gasteiger partial charge in [0, 0.05) is 6.54 Å². The first-order chi connectivity index (χ1) is 16.0. The highest BCUT2D eigenvalue weighted by atomic mass is 31.3. The quantitative estimate of drug-likeness (QED) is 0.187. The minimum absolute atomic E-state index is 0. The number of aliphatic hydroxyl groups excluding tert-OH is 2. The molecule has 0 saturated carbocycles. The molecule has 3 aromatic rings. The molecule has 2 aromatic heterocycles. The Labute approximate surface area is 204 Å². The lowest BCUT2D eigenvalue weighted by molar-refractivity contribution is -0.242. The van der Waals surface area contributed by atoms with E-state index in [0.717, 1.165) is 5.56 Å². The number of imidazole rings is 1. The van der Waals surface area contributed by atoms with Crippen LogP contribution in [0.15, 0.2) is 43.0 Å². The summed E-state index contributed by atoms with van der Waals surface area (Å²) in [4.78, 5) is 43.2. The third-order valence-corrected chi connectivity index (χ3v) is 6.96. The van der Waals surface area contributed by atoms with Gasteiger partial charge in [-0.1, -0.05) is 30.3 Å². The van der Waals surface area contributed by atoms with E-state index < -0.39 is 46.8 Å². The fraction of sp³-hybridized carbons (Fsp3) is 0.353. The van der Waals surface area contributed by atoms with E-state index in [9.17, 15) is 29.1 Å². The molecule has 12 N–H and O–H groups in total. The number of phosphoric acid groups is 2. The highest BCUT2D eigenvalue weighted by Gasteiger charge is 2.45. The van der Waals surface area contributed by atoms with Gasteiger partial charge in [0.1, 0.15) is 24.6 Å². The van der Waals surface area contributed by atoms with E-state index in [1.807, 2.05) is 30.3 Å². The number of aromatic nitrogens is 4. The number of hydrogen-bond donors (Lipinski definition) is 6. The standard InChI is InChI=1S/C17H21N5O10P2.2H3N/c23-13-11(7-30-34(28,29)32-33(25,26)27)31-17(14(13)24)22-9-21-12-15(19-8-20-16(12)22)18-6-10-4-2-1-3-5-10;;/h1-5,8-9,11,13-14,17,23-24H,6-7H2,(H,28,29)(H,18,19,20)(H2,25,26,27);2*1H3. The predicted molar refractivity (Wildman–Crippen MR) is 121 cm³/mol. The third kappa shape index (κ3) is 6.89. The molecule has 1 aliphatic rings. The second-order valence-corrected chi connectivity index (χ2v) is 9.97. The first-order valence-electron chi connectivity index (χ1n) is 9.72. The summed E-state index contributed by atoms with van der Waals surface area (Å²) in [7, 11) is -11.1. The number of quaternary nitrogens is 2. The first kappa shape index (κ1) is 29.9. The Bertz CT molecular complexity index is 1240. The Morgan fingerprint density at radius 1 is 1.08 bits per heavy atom. The van der Waals surface area contributed by atoms with E-state index in [1.165, 1.54) is 17.2 Å². The SMILES string of the molecule is O=P([O-])(O)OP(=O)([O-])OCC1OC(n2cnc3c(NCc4ccccc4)ncnc32)C(O)C1O.[NH4+].[NH4+]. The minimum atomic E-state index is -5.62. The molecule has 1 aromatic carbocycles. The fourth-order valence-electron chi connectivity index (χ4n) is 3.36. The molecule has 0 bridgehead atoms. The minimum Gasteiger partial charge on any atom is -0.756 e. The molecule has 4 rings (SSSR count). The van der Waals surface area contributed by atoms with Gasteiger partial charge >= 0.3 is 0 Å². The van der Waals surface area contributed by atoms with Gasteiger partial charge in [-0.25, -0.2) is 19.3 Å². The number of fused-ring (bicyclic) bond motifs is 1. The normalized spacial score (nSPS) is 24.8. The lowest BCUT2D eigenvalue weighted by atomic mass is 10.1. The number of nitrogens with zero attached hydrogens (tertiary/aromatic N) is 4. The van der Waals surface area contributed by atoms with Crippen molar-refractivity contribution in [3.8, 4) is 0 Å². The fourth-order valence-corrected chi connectivity index (χ4v) is 4.89. The molecule has 1 aliphatic heterocycles. The Morgan fingerprint density at radius 2 is 1.78 bits per heavy atom. The molecule has 0 amide bonds. The smallest absolute Gasteiger partial charge is 0.274 e. The van der Waals surface area contributed by atoms with Crippen molar-refractivity contribution in [2.75, 3.05) is 11.9 Å². The highest BCUT2D eigenvalue weighted by molar-refractivity contribution is 7.59. The van der Waals surface area contributed by atoms with Gasteiger partial charge in [0.2, 0.25) is 0 Å². The Balaban J connectivity index is 0.00000228. The summed E-state index contributed by atoms with van der Waals surface area (Å²) in [5, 5.41) is 23.8. The molecule has 0 radical (unpaired) electrons. The Morgan fingerprint density at radius 3 is 2.44 bits per heavy atom.